The number of nitrogens with one attached hydrogen (secondary N) is 1. The van der Waals surface area contributed by atoms with Crippen LogP contribution in [0.5, 0.6) is 0 Å². The molecule has 1 aromatic heterocycles. The number of pyridine rings is 1. The number of anilines is 1. The maximum absolute atomic E-state index is 12.8. The van der Waals surface area contributed by atoms with Crippen molar-refractivity contribution in [2.24, 2.45) is 10.1 Å². The van der Waals surface area contributed by atoms with Gasteiger partial charge in [0, 0.05) is 18.2 Å². The van der Waals surface area contributed by atoms with E-state index in [0.717, 1.165) is 11.1 Å². The van der Waals surface area contributed by atoms with Crippen molar-refractivity contribution in [1.82, 2.24) is 10.4 Å². The highest BCUT2D eigenvalue weighted by Crippen LogP contribution is 2.32. The Bertz CT molecular complexity index is 1220. The van der Waals surface area contributed by atoms with Gasteiger partial charge in [0.25, 0.3) is 10.0 Å². The quantitative estimate of drug-likeness (QED) is 0.636. The van der Waals surface area contributed by atoms with Crippen molar-refractivity contribution in [3.63, 3.8) is 0 Å². The Morgan fingerprint density at radius 3 is 2.42 bits per heavy atom. The number of aryl methyl sites for hydroxylation is 1. The average molecular weight is 436 g/mol. The minimum Gasteiger partial charge on any atom is -0.366 e. The van der Waals surface area contributed by atoms with Crippen LogP contribution < -0.4 is 16.2 Å². The van der Waals surface area contributed by atoms with Gasteiger partial charge in [-0.25, -0.2) is 4.98 Å². The third-order valence-electron chi connectivity index (χ3n) is 4.97. The van der Waals surface area contributed by atoms with E-state index in [0.29, 0.717) is 23.6 Å². The SMILES string of the molecule is Cc1ccc(S(=O)(=O)/N=C2/CC(c3ccc(C(N)=O)cc3)N(c3ccccn3)N2)cc1. The summed E-state index contributed by atoms with van der Waals surface area (Å²) in [4.78, 5) is 15.9. The predicted octanol–water partition coefficient (Wildman–Crippen LogP) is 2.73. The number of nitrogens with zero attached hydrogens (tertiary/aromatic N) is 3. The fourth-order valence-corrected chi connectivity index (χ4v) is 4.34. The molecule has 1 fully saturated rings. The van der Waals surface area contributed by atoms with Crippen LogP contribution in [0, 0.1) is 6.92 Å². The Morgan fingerprint density at radius 2 is 1.81 bits per heavy atom. The number of carbonyl (C=O) groups excluding carboxylic acids is 1. The second kappa shape index (κ2) is 8.19. The molecule has 2 aromatic carbocycles. The molecule has 1 aliphatic rings. The fraction of sp³-hybridized carbons (Fsp3) is 0.136. The molecule has 8 nitrogen and oxygen atoms in total. The van der Waals surface area contributed by atoms with Crippen LogP contribution in [-0.2, 0) is 10.0 Å². The van der Waals surface area contributed by atoms with Gasteiger partial charge in [0.2, 0.25) is 5.91 Å². The van der Waals surface area contributed by atoms with Crippen molar-refractivity contribution in [2.75, 3.05) is 5.01 Å². The molecule has 9 heteroatoms. The maximum Gasteiger partial charge on any atom is 0.283 e. The standard InChI is InChI=1S/C22H21N5O3S/c1-15-5-11-18(12-6-15)31(29,30)26-20-14-19(16-7-9-17(10-8-16)22(23)28)27(25-20)21-4-2-3-13-24-21/h2-13,19H,14H2,1H3,(H2,23,28)(H,25,26). The molecule has 0 radical (unpaired) electrons. The number of primary amides is 1. The lowest BCUT2D eigenvalue weighted by molar-refractivity contribution is 0.1000. The van der Waals surface area contributed by atoms with Crippen LogP contribution >= 0.6 is 0 Å². The lowest BCUT2D eigenvalue weighted by atomic mass is 10.0. The van der Waals surface area contributed by atoms with Gasteiger partial charge in [-0.2, -0.15) is 8.42 Å². The molecule has 2 heterocycles. The molecular weight excluding hydrogens is 414 g/mol. The van der Waals surface area contributed by atoms with Gasteiger partial charge in [0.1, 0.15) is 11.7 Å². The number of amides is 1. The third kappa shape index (κ3) is 4.41. The molecule has 3 aromatic rings. The molecule has 1 saturated heterocycles. The number of benzene rings is 2. The van der Waals surface area contributed by atoms with Gasteiger partial charge < -0.3 is 5.73 Å². The largest absolute Gasteiger partial charge is 0.366 e. The zero-order chi connectivity index (χ0) is 22.0. The van der Waals surface area contributed by atoms with Gasteiger partial charge in [0.05, 0.1) is 10.9 Å². The highest BCUT2D eigenvalue weighted by Gasteiger charge is 2.32. The van der Waals surface area contributed by atoms with E-state index >= 15 is 0 Å². The van der Waals surface area contributed by atoms with Gasteiger partial charge >= 0.3 is 0 Å². The third-order valence-corrected chi connectivity index (χ3v) is 6.30. The number of hydrogen-bond donors (Lipinski definition) is 2. The predicted molar refractivity (Wildman–Crippen MR) is 118 cm³/mol. The Labute approximate surface area is 180 Å². The van der Waals surface area contributed by atoms with Gasteiger partial charge in [-0.1, -0.05) is 35.9 Å². The minimum absolute atomic E-state index is 0.131. The summed E-state index contributed by atoms with van der Waals surface area (Å²) in [6.45, 7) is 1.89. The summed E-state index contributed by atoms with van der Waals surface area (Å²) in [6.07, 6.45) is 1.97. The van der Waals surface area contributed by atoms with Crippen molar-refractivity contribution in [3.8, 4) is 0 Å². The smallest absolute Gasteiger partial charge is 0.283 e. The first-order chi connectivity index (χ1) is 14.8. The van der Waals surface area contributed by atoms with Crippen molar-refractivity contribution >= 4 is 27.6 Å². The minimum atomic E-state index is -3.87. The van der Waals surface area contributed by atoms with Gasteiger partial charge in [0.15, 0.2) is 0 Å². The van der Waals surface area contributed by atoms with E-state index in [-0.39, 0.29) is 10.9 Å². The van der Waals surface area contributed by atoms with Crippen molar-refractivity contribution in [3.05, 3.63) is 89.6 Å². The van der Waals surface area contributed by atoms with E-state index in [1.165, 1.54) is 0 Å². The molecule has 1 atom stereocenters. The van der Waals surface area contributed by atoms with Crippen molar-refractivity contribution in [2.45, 2.75) is 24.3 Å². The summed E-state index contributed by atoms with van der Waals surface area (Å²) in [5, 5.41) is 1.77. The summed E-state index contributed by atoms with van der Waals surface area (Å²) in [5.41, 5.74) is 10.6. The first kappa shape index (κ1) is 20.5. The van der Waals surface area contributed by atoms with E-state index < -0.39 is 15.9 Å². The number of hydrazine groups is 1. The summed E-state index contributed by atoms with van der Waals surface area (Å²) in [5.74, 6) is 0.406. The number of carbonyl (C=O) groups is 1. The normalized spacial score (nSPS) is 17.5. The van der Waals surface area contributed by atoms with Crippen LogP contribution in [-0.4, -0.2) is 25.1 Å². The number of rotatable bonds is 5. The summed E-state index contributed by atoms with van der Waals surface area (Å²) in [7, 11) is -3.87. The van der Waals surface area contributed by atoms with Gasteiger partial charge in [-0.3, -0.25) is 15.2 Å². The zero-order valence-corrected chi connectivity index (χ0v) is 17.6. The Morgan fingerprint density at radius 1 is 1.10 bits per heavy atom. The Balaban J connectivity index is 1.69. The number of sulfonamides is 1. The number of aromatic nitrogens is 1. The summed E-state index contributed by atoms with van der Waals surface area (Å²) >= 11 is 0. The molecule has 0 saturated carbocycles. The van der Waals surface area contributed by atoms with Crippen LogP contribution in [0.15, 0.2) is 82.2 Å². The maximum atomic E-state index is 12.8. The molecule has 4 rings (SSSR count). The summed E-state index contributed by atoms with van der Waals surface area (Å²) in [6, 6.07) is 18.6. The van der Waals surface area contributed by atoms with Crippen LogP contribution in [0.25, 0.3) is 0 Å². The number of hydrogen-bond acceptors (Lipinski definition) is 5. The Hall–Kier alpha value is -3.72. The number of amidine groups is 1. The van der Waals surface area contributed by atoms with Gasteiger partial charge in [-0.15, -0.1) is 4.40 Å². The molecule has 0 aliphatic carbocycles. The van der Waals surface area contributed by atoms with Crippen LogP contribution in [0.1, 0.15) is 33.9 Å². The molecule has 1 amide bonds. The van der Waals surface area contributed by atoms with Crippen LogP contribution in [0.4, 0.5) is 5.82 Å². The summed E-state index contributed by atoms with van der Waals surface area (Å²) < 4.78 is 29.6. The highest BCUT2D eigenvalue weighted by molar-refractivity contribution is 7.90. The molecule has 3 N–H and O–H groups in total. The lowest BCUT2D eigenvalue weighted by Crippen LogP contribution is -2.35. The van der Waals surface area contributed by atoms with Crippen LogP contribution in [0.3, 0.4) is 0 Å². The lowest BCUT2D eigenvalue weighted by Gasteiger charge is -2.25. The molecule has 1 aliphatic heterocycles. The van der Waals surface area contributed by atoms with Crippen molar-refractivity contribution < 1.29 is 13.2 Å². The molecule has 158 valence electrons. The molecule has 31 heavy (non-hydrogen) atoms. The van der Waals surface area contributed by atoms with Crippen LogP contribution in [0.2, 0.25) is 0 Å². The monoisotopic (exact) mass is 435 g/mol. The second-order valence-corrected chi connectivity index (χ2v) is 8.81. The second-order valence-electron chi connectivity index (χ2n) is 7.20. The average Bonchev–Trinajstić information content (AvgIpc) is 3.18. The highest BCUT2D eigenvalue weighted by atomic mass is 32.2. The van der Waals surface area contributed by atoms with E-state index in [2.05, 4.69) is 14.8 Å². The van der Waals surface area contributed by atoms with E-state index in [9.17, 15) is 13.2 Å². The molecule has 0 bridgehead atoms. The molecule has 0 spiro atoms. The zero-order valence-electron chi connectivity index (χ0n) is 16.8. The van der Waals surface area contributed by atoms with E-state index in [1.807, 2.05) is 19.1 Å². The van der Waals surface area contributed by atoms with E-state index in [4.69, 9.17) is 5.73 Å². The first-order valence-corrected chi connectivity index (χ1v) is 11.0. The number of nitrogens with two attached hydrogens (primary N) is 1. The molecule has 1 unspecified atom stereocenters. The molecular formula is C22H21N5O3S. The Kier molecular flexibility index (Phi) is 5.43. The topological polar surface area (TPSA) is 118 Å². The first-order valence-electron chi connectivity index (χ1n) is 9.61. The fourth-order valence-electron chi connectivity index (χ4n) is 3.35. The van der Waals surface area contributed by atoms with Gasteiger partial charge in [-0.05, 0) is 48.9 Å². The van der Waals surface area contributed by atoms with Crippen molar-refractivity contribution in [1.29, 1.82) is 0 Å². The van der Waals surface area contributed by atoms with E-state index in [1.54, 1.807) is 65.8 Å².